The van der Waals surface area contributed by atoms with Gasteiger partial charge < -0.3 is 10.1 Å². The Kier molecular flexibility index (Phi) is 5.17. The first kappa shape index (κ1) is 15.3. The van der Waals surface area contributed by atoms with E-state index in [1.54, 1.807) is 14.0 Å². The molecule has 7 heteroatoms. The first-order chi connectivity index (χ1) is 8.84. The van der Waals surface area contributed by atoms with Gasteiger partial charge in [0.25, 0.3) is 0 Å². The summed E-state index contributed by atoms with van der Waals surface area (Å²) >= 11 is 0. The summed E-state index contributed by atoms with van der Waals surface area (Å²) in [5.74, 6) is 0. The molecule has 1 atom stereocenters. The van der Waals surface area contributed by atoms with Crippen LogP contribution in [0.1, 0.15) is 12.5 Å². The van der Waals surface area contributed by atoms with Crippen LogP contribution in [0.5, 0.6) is 0 Å². The molecule has 0 aromatic heterocycles. The van der Waals surface area contributed by atoms with Crippen LogP contribution >= 0.6 is 0 Å². The summed E-state index contributed by atoms with van der Waals surface area (Å²) in [4.78, 5) is 11.4. The van der Waals surface area contributed by atoms with Crippen molar-refractivity contribution < 1.29 is 22.7 Å². The SMILES string of the molecule is CNCC(C)OC(=O)Nc1ccccc1C(F)(F)F. The predicted octanol–water partition coefficient (Wildman–Crippen LogP) is 2.86. The van der Waals surface area contributed by atoms with Gasteiger partial charge in [0.15, 0.2) is 0 Å². The number of likely N-dealkylation sites (N-methyl/N-ethyl adjacent to an activating group) is 1. The Labute approximate surface area is 108 Å². The predicted molar refractivity (Wildman–Crippen MR) is 64.9 cm³/mol. The minimum absolute atomic E-state index is 0.323. The van der Waals surface area contributed by atoms with Gasteiger partial charge in [-0.1, -0.05) is 12.1 Å². The second-order valence-corrected chi connectivity index (χ2v) is 3.94. The zero-order chi connectivity index (χ0) is 14.5. The van der Waals surface area contributed by atoms with Crippen molar-refractivity contribution in [2.24, 2.45) is 0 Å². The van der Waals surface area contributed by atoms with Crippen LogP contribution in [0, 0.1) is 0 Å². The van der Waals surface area contributed by atoms with Crippen molar-refractivity contribution in [2.45, 2.75) is 19.2 Å². The molecular weight excluding hydrogens is 261 g/mol. The van der Waals surface area contributed by atoms with Gasteiger partial charge in [-0.25, -0.2) is 4.79 Å². The highest BCUT2D eigenvalue weighted by molar-refractivity contribution is 5.85. The molecule has 2 N–H and O–H groups in total. The Hall–Kier alpha value is -1.76. The number of para-hydroxylation sites is 1. The second kappa shape index (κ2) is 6.42. The Morgan fingerprint density at radius 1 is 1.37 bits per heavy atom. The maximum absolute atomic E-state index is 12.7. The van der Waals surface area contributed by atoms with Crippen LogP contribution in [-0.4, -0.2) is 25.8 Å². The number of ether oxygens (including phenoxy) is 1. The number of amides is 1. The number of hydrogen-bond donors (Lipinski definition) is 2. The normalized spacial score (nSPS) is 12.9. The molecule has 4 nitrogen and oxygen atoms in total. The van der Waals surface area contributed by atoms with Crippen molar-refractivity contribution in [2.75, 3.05) is 18.9 Å². The van der Waals surface area contributed by atoms with E-state index in [4.69, 9.17) is 4.74 Å². The van der Waals surface area contributed by atoms with Gasteiger partial charge in [0.2, 0.25) is 0 Å². The van der Waals surface area contributed by atoms with Crippen molar-refractivity contribution in [3.8, 4) is 0 Å². The van der Waals surface area contributed by atoms with Crippen LogP contribution < -0.4 is 10.6 Å². The van der Waals surface area contributed by atoms with Crippen molar-refractivity contribution in [1.82, 2.24) is 5.32 Å². The number of carbonyl (C=O) groups is 1. The molecule has 0 aliphatic heterocycles. The van der Waals surface area contributed by atoms with E-state index < -0.39 is 23.9 Å². The third kappa shape index (κ3) is 4.78. The summed E-state index contributed by atoms with van der Waals surface area (Å²) in [5.41, 5.74) is -1.23. The third-order valence-corrected chi connectivity index (χ3v) is 2.27. The lowest BCUT2D eigenvalue weighted by Crippen LogP contribution is -2.28. The van der Waals surface area contributed by atoms with Crippen LogP contribution in [0.3, 0.4) is 0 Å². The summed E-state index contributed by atoms with van der Waals surface area (Å²) in [6.45, 7) is 2.04. The Balaban J connectivity index is 2.75. The number of alkyl halides is 3. The highest BCUT2D eigenvalue weighted by Gasteiger charge is 2.33. The molecule has 1 aromatic rings. The van der Waals surface area contributed by atoms with Crippen LogP contribution in [0.15, 0.2) is 24.3 Å². The topological polar surface area (TPSA) is 50.4 Å². The van der Waals surface area contributed by atoms with Gasteiger partial charge in [-0.2, -0.15) is 13.2 Å². The maximum atomic E-state index is 12.7. The summed E-state index contributed by atoms with van der Waals surface area (Å²) in [6.07, 6.45) is -5.89. The summed E-state index contributed by atoms with van der Waals surface area (Å²) in [6, 6.07) is 4.73. The van der Waals surface area contributed by atoms with E-state index in [-0.39, 0.29) is 5.69 Å². The number of rotatable bonds is 4. The molecule has 0 fully saturated rings. The minimum Gasteiger partial charge on any atom is -0.445 e. The van der Waals surface area contributed by atoms with E-state index in [1.165, 1.54) is 18.2 Å². The highest BCUT2D eigenvalue weighted by atomic mass is 19.4. The largest absolute Gasteiger partial charge is 0.445 e. The molecule has 0 aliphatic rings. The number of nitrogens with one attached hydrogen (secondary N) is 2. The Morgan fingerprint density at radius 3 is 2.58 bits per heavy atom. The van der Waals surface area contributed by atoms with Crippen LogP contribution in [0.4, 0.5) is 23.7 Å². The van der Waals surface area contributed by atoms with Gasteiger partial charge >= 0.3 is 12.3 Å². The number of halogens is 3. The number of benzene rings is 1. The third-order valence-electron chi connectivity index (χ3n) is 2.27. The Morgan fingerprint density at radius 2 is 2.00 bits per heavy atom. The summed E-state index contributed by atoms with van der Waals surface area (Å²) in [7, 11) is 1.68. The smallest absolute Gasteiger partial charge is 0.418 e. The zero-order valence-electron chi connectivity index (χ0n) is 10.5. The molecule has 0 saturated carbocycles. The zero-order valence-corrected chi connectivity index (χ0v) is 10.5. The molecule has 0 heterocycles. The van der Waals surface area contributed by atoms with Crippen LogP contribution in [0.2, 0.25) is 0 Å². The molecule has 19 heavy (non-hydrogen) atoms. The molecule has 106 valence electrons. The molecule has 1 rings (SSSR count). The van der Waals surface area contributed by atoms with Crippen molar-refractivity contribution in [3.63, 3.8) is 0 Å². The Bertz CT molecular complexity index is 435. The molecule has 0 bridgehead atoms. The standard InChI is InChI=1S/C12H15F3N2O2/c1-8(7-16-2)19-11(18)17-10-6-4-3-5-9(10)12(13,14)15/h3-6,8,16H,7H2,1-2H3,(H,17,18). The number of anilines is 1. The number of carbonyl (C=O) groups excluding carboxylic acids is 1. The first-order valence-corrected chi connectivity index (χ1v) is 5.63. The van der Waals surface area contributed by atoms with Gasteiger partial charge in [-0.05, 0) is 26.1 Å². The van der Waals surface area contributed by atoms with Gasteiger partial charge in [0.05, 0.1) is 11.3 Å². The number of hydrogen-bond acceptors (Lipinski definition) is 3. The van der Waals surface area contributed by atoms with Crippen molar-refractivity contribution in [3.05, 3.63) is 29.8 Å². The maximum Gasteiger partial charge on any atom is 0.418 e. The average Bonchev–Trinajstić information content (AvgIpc) is 2.28. The van der Waals surface area contributed by atoms with Gasteiger partial charge in [-0.3, -0.25) is 5.32 Å². The van der Waals surface area contributed by atoms with E-state index in [0.29, 0.717) is 6.54 Å². The molecule has 0 aliphatic carbocycles. The van der Waals surface area contributed by atoms with E-state index in [1.807, 2.05) is 0 Å². The highest BCUT2D eigenvalue weighted by Crippen LogP contribution is 2.34. The van der Waals surface area contributed by atoms with Crippen molar-refractivity contribution >= 4 is 11.8 Å². The van der Waals surface area contributed by atoms with Crippen LogP contribution in [-0.2, 0) is 10.9 Å². The lowest BCUT2D eigenvalue weighted by molar-refractivity contribution is -0.136. The minimum atomic E-state index is -4.53. The summed E-state index contributed by atoms with van der Waals surface area (Å²) < 4.78 is 42.9. The van der Waals surface area contributed by atoms with E-state index in [9.17, 15) is 18.0 Å². The van der Waals surface area contributed by atoms with E-state index >= 15 is 0 Å². The molecule has 1 amide bonds. The van der Waals surface area contributed by atoms with Gasteiger partial charge in [-0.15, -0.1) is 0 Å². The summed E-state index contributed by atoms with van der Waals surface area (Å²) in [5, 5.41) is 4.88. The fourth-order valence-electron chi connectivity index (χ4n) is 1.49. The lowest BCUT2D eigenvalue weighted by Gasteiger charge is -2.16. The molecule has 1 aromatic carbocycles. The van der Waals surface area contributed by atoms with Crippen LogP contribution in [0.25, 0.3) is 0 Å². The van der Waals surface area contributed by atoms with E-state index in [0.717, 1.165) is 6.07 Å². The van der Waals surface area contributed by atoms with Gasteiger partial charge in [0, 0.05) is 6.54 Å². The monoisotopic (exact) mass is 276 g/mol. The molecule has 1 unspecified atom stereocenters. The molecule has 0 radical (unpaired) electrons. The molecular formula is C12H15F3N2O2. The molecule has 0 saturated heterocycles. The fraction of sp³-hybridized carbons (Fsp3) is 0.417. The van der Waals surface area contributed by atoms with Gasteiger partial charge in [0.1, 0.15) is 6.10 Å². The first-order valence-electron chi connectivity index (χ1n) is 5.63. The average molecular weight is 276 g/mol. The fourth-order valence-corrected chi connectivity index (χ4v) is 1.49. The quantitative estimate of drug-likeness (QED) is 0.889. The molecule has 0 spiro atoms. The lowest BCUT2D eigenvalue weighted by atomic mass is 10.2. The van der Waals surface area contributed by atoms with Crippen molar-refractivity contribution in [1.29, 1.82) is 0 Å². The van der Waals surface area contributed by atoms with E-state index in [2.05, 4.69) is 10.6 Å². The second-order valence-electron chi connectivity index (χ2n) is 3.94.